The molecule has 3 rings (SSSR count). The summed E-state index contributed by atoms with van der Waals surface area (Å²) in [6, 6.07) is 12.9. The molecule has 0 aliphatic heterocycles. The standard InChI is InChI=1S/C21H21FN2O4/c22-16-4-1-3-15(12-16)21(9-2-10-21)20(28)24-17-7-5-14(6-8-17)11-18(25)23-13-19(26)27/h1,3-8,12H,2,9-11,13H2,(H,23,25)(H,24,28)(H,26,27). The van der Waals surface area contributed by atoms with Gasteiger partial charge < -0.3 is 15.7 Å². The van der Waals surface area contributed by atoms with Crippen LogP contribution in [0.15, 0.2) is 48.5 Å². The highest BCUT2D eigenvalue weighted by Crippen LogP contribution is 2.44. The summed E-state index contributed by atoms with van der Waals surface area (Å²) in [7, 11) is 0. The molecule has 0 saturated heterocycles. The minimum absolute atomic E-state index is 0.0503. The topological polar surface area (TPSA) is 95.5 Å². The van der Waals surface area contributed by atoms with Gasteiger partial charge in [0.2, 0.25) is 11.8 Å². The first-order valence-electron chi connectivity index (χ1n) is 9.04. The van der Waals surface area contributed by atoms with Crippen LogP contribution in [0.2, 0.25) is 0 Å². The van der Waals surface area contributed by atoms with Crippen molar-refractivity contribution in [2.24, 2.45) is 0 Å². The number of halogens is 1. The second kappa shape index (κ2) is 8.21. The number of amides is 2. The molecule has 1 aliphatic carbocycles. The summed E-state index contributed by atoms with van der Waals surface area (Å²) in [6.07, 6.45) is 2.30. The number of carbonyl (C=O) groups is 3. The number of nitrogens with one attached hydrogen (secondary N) is 2. The SMILES string of the molecule is O=C(O)CNC(=O)Cc1ccc(NC(=O)C2(c3cccc(F)c3)CCC2)cc1. The van der Waals surface area contributed by atoms with Gasteiger partial charge in [0.05, 0.1) is 11.8 Å². The number of hydrogen-bond acceptors (Lipinski definition) is 3. The van der Waals surface area contributed by atoms with Gasteiger partial charge in [-0.15, -0.1) is 0 Å². The van der Waals surface area contributed by atoms with Crippen molar-refractivity contribution >= 4 is 23.5 Å². The number of aliphatic carboxylic acids is 1. The van der Waals surface area contributed by atoms with E-state index in [0.717, 1.165) is 6.42 Å². The van der Waals surface area contributed by atoms with Gasteiger partial charge in [0.1, 0.15) is 12.4 Å². The lowest BCUT2D eigenvalue weighted by atomic mass is 9.63. The summed E-state index contributed by atoms with van der Waals surface area (Å²) in [6.45, 7) is -0.421. The lowest BCUT2D eigenvalue weighted by Gasteiger charge is -2.40. The fraction of sp³-hybridized carbons (Fsp3) is 0.286. The van der Waals surface area contributed by atoms with E-state index in [-0.39, 0.29) is 18.1 Å². The smallest absolute Gasteiger partial charge is 0.322 e. The van der Waals surface area contributed by atoms with Crippen molar-refractivity contribution in [1.82, 2.24) is 5.32 Å². The average Bonchev–Trinajstić information content (AvgIpc) is 2.61. The van der Waals surface area contributed by atoms with Crippen molar-refractivity contribution in [2.75, 3.05) is 11.9 Å². The maximum Gasteiger partial charge on any atom is 0.322 e. The van der Waals surface area contributed by atoms with Gasteiger partial charge in [-0.3, -0.25) is 14.4 Å². The van der Waals surface area contributed by atoms with Crippen LogP contribution in [0.4, 0.5) is 10.1 Å². The molecular formula is C21H21FN2O4. The van der Waals surface area contributed by atoms with E-state index in [1.54, 1.807) is 36.4 Å². The Hall–Kier alpha value is -3.22. The Labute approximate surface area is 161 Å². The van der Waals surface area contributed by atoms with E-state index in [2.05, 4.69) is 10.6 Å². The van der Waals surface area contributed by atoms with Gasteiger partial charge in [0.15, 0.2) is 0 Å². The highest BCUT2D eigenvalue weighted by Gasteiger charge is 2.45. The van der Waals surface area contributed by atoms with Crippen LogP contribution in [0.25, 0.3) is 0 Å². The van der Waals surface area contributed by atoms with Crippen molar-refractivity contribution < 1.29 is 23.9 Å². The van der Waals surface area contributed by atoms with E-state index in [0.29, 0.717) is 29.7 Å². The summed E-state index contributed by atoms with van der Waals surface area (Å²) in [5, 5.41) is 13.7. The second-order valence-corrected chi connectivity index (χ2v) is 6.94. The van der Waals surface area contributed by atoms with Crippen molar-refractivity contribution in [3.05, 3.63) is 65.5 Å². The molecule has 0 unspecified atom stereocenters. The summed E-state index contributed by atoms with van der Waals surface area (Å²) in [5.74, 6) is -2.02. The molecule has 146 valence electrons. The van der Waals surface area contributed by atoms with E-state index in [1.807, 2.05) is 0 Å². The number of carboxylic acid groups (broad SMARTS) is 1. The first-order valence-corrected chi connectivity index (χ1v) is 9.04. The molecule has 1 aliphatic rings. The molecule has 28 heavy (non-hydrogen) atoms. The molecule has 1 saturated carbocycles. The summed E-state index contributed by atoms with van der Waals surface area (Å²) in [5.41, 5.74) is 1.26. The Morgan fingerprint density at radius 3 is 2.36 bits per heavy atom. The zero-order valence-corrected chi connectivity index (χ0v) is 15.2. The first-order chi connectivity index (χ1) is 13.4. The number of rotatable bonds is 7. The Morgan fingerprint density at radius 2 is 1.79 bits per heavy atom. The van der Waals surface area contributed by atoms with Crippen LogP contribution in [0.1, 0.15) is 30.4 Å². The minimum Gasteiger partial charge on any atom is -0.480 e. The molecule has 2 amide bonds. The van der Waals surface area contributed by atoms with Gasteiger partial charge in [-0.1, -0.05) is 30.7 Å². The Morgan fingerprint density at radius 1 is 1.07 bits per heavy atom. The van der Waals surface area contributed by atoms with E-state index in [9.17, 15) is 18.8 Å². The number of hydrogen-bond donors (Lipinski definition) is 3. The quantitative estimate of drug-likeness (QED) is 0.684. The maximum absolute atomic E-state index is 13.6. The molecule has 0 bridgehead atoms. The van der Waals surface area contributed by atoms with Crippen LogP contribution in [0.3, 0.4) is 0 Å². The molecule has 7 heteroatoms. The molecule has 6 nitrogen and oxygen atoms in total. The molecule has 2 aromatic rings. The lowest BCUT2D eigenvalue weighted by Crippen LogP contribution is -2.46. The van der Waals surface area contributed by atoms with Crippen molar-refractivity contribution in [3.8, 4) is 0 Å². The van der Waals surface area contributed by atoms with Crippen LogP contribution in [-0.2, 0) is 26.2 Å². The monoisotopic (exact) mass is 384 g/mol. The van der Waals surface area contributed by atoms with Crippen molar-refractivity contribution in [1.29, 1.82) is 0 Å². The van der Waals surface area contributed by atoms with Crippen molar-refractivity contribution in [2.45, 2.75) is 31.1 Å². The Bertz CT molecular complexity index is 892. The predicted octanol–water partition coefficient (Wildman–Crippen LogP) is 2.63. The normalized spacial score (nSPS) is 14.6. The van der Waals surface area contributed by atoms with Gasteiger partial charge in [0, 0.05) is 5.69 Å². The Balaban J connectivity index is 1.64. The van der Waals surface area contributed by atoms with Crippen LogP contribution in [0.5, 0.6) is 0 Å². The molecule has 1 fully saturated rings. The third kappa shape index (κ3) is 4.36. The van der Waals surface area contributed by atoms with Gasteiger partial charge >= 0.3 is 5.97 Å². The van der Waals surface area contributed by atoms with Crippen LogP contribution < -0.4 is 10.6 Å². The second-order valence-electron chi connectivity index (χ2n) is 6.94. The minimum atomic E-state index is -1.10. The molecule has 0 atom stereocenters. The molecular weight excluding hydrogens is 363 g/mol. The van der Waals surface area contributed by atoms with Crippen molar-refractivity contribution in [3.63, 3.8) is 0 Å². The molecule has 3 N–H and O–H groups in total. The fourth-order valence-corrected chi connectivity index (χ4v) is 3.34. The molecule has 2 aromatic carbocycles. The first kappa shape index (κ1) is 19.5. The number of carboxylic acids is 1. The maximum atomic E-state index is 13.6. The van der Waals surface area contributed by atoms with Crippen LogP contribution >= 0.6 is 0 Å². The zero-order valence-electron chi connectivity index (χ0n) is 15.2. The average molecular weight is 384 g/mol. The van der Waals surface area contributed by atoms with Gasteiger partial charge in [-0.05, 0) is 48.2 Å². The number of carbonyl (C=O) groups excluding carboxylic acids is 2. The third-order valence-electron chi connectivity index (χ3n) is 5.03. The number of anilines is 1. The van der Waals surface area contributed by atoms with Gasteiger partial charge in [-0.2, -0.15) is 0 Å². The molecule has 0 heterocycles. The van der Waals surface area contributed by atoms with E-state index < -0.39 is 23.8 Å². The summed E-state index contributed by atoms with van der Waals surface area (Å²) < 4.78 is 13.6. The highest BCUT2D eigenvalue weighted by molar-refractivity contribution is 6.00. The van der Waals surface area contributed by atoms with E-state index in [4.69, 9.17) is 5.11 Å². The molecule has 0 spiro atoms. The lowest BCUT2D eigenvalue weighted by molar-refractivity contribution is -0.137. The van der Waals surface area contributed by atoms with E-state index in [1.165, 1.54) is 12.1 Å². The fourth-order valence-electron chi connectivity index (χ4n) is 3.34. The Kier molecular flexibility index (Phi) is 5.73. The van der Waals surface area contributed by atoms with Crippen LogP contribution in [0, 0.1) is 5.82 Å². The molecule has 0 radical (unpaired) electrons. The van der Waals surface area contributed by atoms with Gasteiger partial charge in [-0.25, -0.2) is 4.39 Å². The summed E-state index contributed by atoms with van der Waals surface area (Å²) in [4.78, 5) is 35.0. The summed E-state index contributed by atoms with van der Waals surface area (Å²) >= 11 is 0. The number of benzene rings is 2. The van der Waals surface area contributed by atoms with Crippen LogP contribution in [-0.4, -0.2) is 29.4 Å². The highest BCUT2D eigenvalue weighted by atomic mass is 19.1. The van der Waals surface area contributed by atoms with Gasteiger partial charge in [0.25, 0.3) is 0 Å². The predicted molar refractivity (Wildman–Crippen MR) is 101 cm³/mol. The third-order valence-corrected chi connectivity index (χ3v) is 5.03. The molecule has 0 aromatic heterocycles. The van der Waals surface area contributed by atoms with E-state index >= 15 is 0 Å². The zero-order chi connectivity index (χ0) is 20.1. The largest absolute Gasteiger partial charge is 0.480 e.